The molecule has 0 spiro atoms. The smallest absolute Gasteiger partial charge is 0.326 e. The van der Waals surface area contributed by atoms with Gasteiger partial charge in [0, 0.05) is 11.1 Å². The Morgan fingerprint density at radius 2 is 1.74 bits per heavy atom. The van der Waals surface area contributed by atoms with E-state index in [-0.39, 0.29) is 12.3 Å². The summed E-state index contributed by atoms with van der Waals surface area (Å²) in [4.78, 5) is 24.3. The first-order valence-corrected chi connectivity index (χ1v) is 8.01. The van der Waals surface area contributed by atoms with E-state index >= 15 is 0 Å². The lowest BCUT2D eigenvalue weighted by Gasteiger charge is -2.14. The molecule has 1 atom stereocenters. The molecule has 0 bridgehead atoms. The van der Waals surface area contributed by atoms with Crippen molar-refractivity contribution in [2.45, 2.75) is 12.5 Å². The third-order valence-corrected chi connectivity index (χ3v) is 4.65. The largest absolute Gasteiger partial charge is 0.480 e. The molecule has 1 aromatic heterocycles. The van der Waals surface area contributed by atoms with Gasteiger partial charge < -0.3 is 10.4 Å². The third kappa shape index (κ3) is 3.57. The first-order chi connectivity index (χ1) is 11.1. The van der Waals surface area contributed by atoms with Gasteiger partial charge in [-0.15, -0.1) is 11.3 Å². The van der Waals surface area contributed by atoms with Crippen LogP contribution in [0.5, 0.6) is 0 Å². The molecule has 0 aliphatic heterocycles. The van der Waals surface area contributed by atoms with E-state index < -0.39 is 12.0 Å². The highest BCUT2D eigenvalue weighted by Crippen LogP contribution is 2.25. The quantitative estimate of drug-likeness (QED) is 0.756. The van der Waals surface area contributed by atoms with Gasteiger partial charge in [-0.25, -0.2) is 4.79 Å². The molecule has 1 heterocycles. The van der Waals surface area contributed by atoms with Crippen LogP contribution in [0, 0.1) is 0 Å². The monoisotopic (exact) mass is 325 g/mol. The summed E-state index contributed by atoms with van der Waals surface area (Å²) in [5.41, 5.74) is 0.872. The number of carbonyl (C=O) groups is 2. The topological polar surface area (TPSA) is 66.4 Å². The number of carboxylic acids is 1. The number of hydrogen-bond acceptors (Lipinski definition) is 3. The maximum Gasteiger partial charge on any atom is 0.326 e. The van der Waals surface area contributed by atoms with E-state index in [1.165, 1.54) is 11.3 Å². The summed E-state index contributed by atoms with van der Waals surface area (Å²) >= 11 is 1.36. The molecule has 0 aliphatic carbocycles. The average molecular weight is 325 g/mol. The minimum absolute atomic E-state index is 0.257. The average Bonchev–Trinajstić information content (AvgIpc) is 2.99. The molecule has 5 heteroatoms. The zero-order chi connectivity index (χ0) is 16.2. The van der Waals surface area contributed by atoms with Crippen molar-refractivity contribution in [3.8, 4) is 0 Å². The van der Waals surface area contributed by atoms with E-state index in [0.29, 0.717) is 4.88 Å². The normalized spacial score (nSPS) is 12.0. The van der Waals surface area contributed by atoms with E-state index in [9.17, 15) is 14.7 Å². The second-order valence-corrected chi connectivity index (χ2v) is 6.29. The summed E-state index contributed by atoms with van der Waals surface area (Å²) in [6, 6.07) is 17.8. The lowest BCUT2D eigenvalue weighted by Crippen LogP contribution is -2.42. The van der Waals surface area contributed by atoms with E-state index in [1.807, 2.05) is 54.6 Å². The van der Waals surface area contributed by atoms with E-state index in [4.69, 9.17) is 0 Å². The minimum atomic E-state index is -1.04. The number of amides is 1. The summed E-state index contributed by atoms with van der Waals surface area (Å²) in [5.74, 6) is -1.39. The Morgan fingerprint density at radius 1 is 1.04 bits per heavy atom. The van der Waals surface area contributed by atoms with Crippen LogP contribution in [0.3, 0.4) is 0 Å². The van der Waals surface area contributed by atoms with E-state index in [2.05, 4.69) is 5.32 Å². The second kappa shape index (κ2) is 6.62. The van der Waals surface area contributed by atoms with Crippen LogP contribution >= 0.6 is 11.3 Å². The number of fused-ring (bicyclic) bond motifs is 1. The SMILES string of the molecule is O=C(N[C@H](Cc1ccccc1)C(=O)O)c1cc2ccccc2s1. The van der Waals surface area contributed by atoms with Crippen LogP contribution < -0.4 is 5.32 Å². The summed E-state index contributed by atoms with van der Waals surface area (Å²) in [7, 11) is 0. The Labute approximate surface area is 137 Å². The van der Waals surface area contributed by atoms with Gasteiger partial charge in [0.2, 0.25) is 0 Å². The molecular weight excluding hydrogens is 310 g/mol. The van der Waals surface area contributed by atoms with Gasteiger partial charge in [-0.2, -0.15) is 0 Å². The van der Waals surface area contributed by atoms with Crippen LogP contribution in [0.4, 0.5) is 0 Å². The van der Waals surface area contributed by atoms with Crippen LogP contribution in [-0.2, 0) is 11.2 Å². The van der Waals surface area contributed by atoms with Gasteiger partial charge in [0.1, 0.15) is 6.04 Å². The summed E-state index contributed by atoms with van der Waals surface area (Å²) in [5, 5.41) is 13.0. The molecule has 2 aromatic carbocycles. The number of nitrogens with one attached hydrogen (secondary N) is 1. The standard InChI is InChI=1S/C18H15NO3S/c20-17(16-11-13-8-4-5-9-15(13)23-16)19-14(18(21)22)10-12-6-2-1-3-7-12/h1-9,11,14H,10H2,(H,19,20)(H,21,22)/t14-/m1/s1. The Hall–Kier alpha value is -2.66. The van der Waals surface area contributed by atoms with Gasteiger partial charge in [-0.1, -0.05) is 48.5 Å². The molecule has 0 saturated heterocycles. The number of carbonyl (C=O) groups excluding carboxylic acids is 1. The van der Waals surface area contributed by atoms with Crippen LogP contribution in [0.15, 0.2) is 60.7 Å². The van der Waals surface area contributed by atoms with Crippen molar-refractivity contribution >= 4 is 33.3 Å². The lowest BCUT2D eigenvalue weighted by molar-refractivity contribution is -0.139. The molecule has 1 amide bonds. The van der Waals surface area contributed by atoms with Crippen molar-refractivity contribution in [2.75, 3.05) is 0 Å². The maximum atomic E-state index is 12.4. The molecule has 0 unspecified atom stereocenters. The predicted molar refractivity (Wildman–Crippen MR) is 90.9 cm³/mol. The molecule has 2 N–H and O–H groups in total. The van der Waals surface area contributed by atoms with Crippen LogP contribution in [0.2, 0.25) is 0 Å². The van der Waals surface area contributed by atoms with Gasteiger partial charge in [0.15, 0.2) is 0 Å². The fourth-order valence-electron chi connectivity index (χ4n) is 2.37. The highest BCUT2D eigenvalue weighted by Gasteiger charge is 2.22. The predicted octanol–water partition coefficient (Wildman–Crippen LogP) is 3.33. The van der Waals surface area contributed by atoms with Crippen molar-refractivity contribution in [3.05, 3.63) is 71.1 Å². The second-order valence-electron chi connectivity index (χ2n) is 5.20. The van der Waals surface area contributed by atoms with Gasteiger partial charge in [-0.3, -0.25) is 4.79 Å². The fraction of sp³-hybridized carbons (Fsp3) is 0.111. The first-order valence-electron chi connectivity index (χ1n) is 7.19. The van der Waals surface area contributed by atoms with Crippen LogP contribution in [0.1, 0.15) is 15.2 Å². The molecule has 0 aliphatic rings. The van der Waals surface area contributed by atoms with Crippen molar-refractivity contribution in [3.63, 3.8) is 0 Å². The first kappa shape index (κ1) is 15.2. The number of rotatable bonds is 5. The van der Waals surface area contributed by atoms with Gasteiger partial charge in [-0.05, 0) is 23.1 Å². The number of thiophene rings is 1. The highest BCUT2D eigenvalue weighted by molar-refractivity contribution is 7.20. The van der Waals surface area contributed by atoms with Crippen LogP contribution in [0.25, 0.3) is 10.1 Å². The molecule has 0 radical (unpaired) electrons. The molecule has 23 heavy (non-hydrogen) atoms. The number of carboxylic acid groups (broad SMARTS) is 1. The van der Waals surface area contributed by atoms with Crippen molar-refractivity contribution in [2.24, 2.45) is 0 Å². The molecule has 0 saturated carbocycles. The van der Waals surface area contributed by atoms with Gasteiger partial charge >= 0.3 is 5.97 Å². The number of hydrogen-bond donors (Lipinski definition) is 2. The molecule has 116 valence electrons. The molecule has 0 fully saturated rings. The van der Waals surface area contributed by atoms with Crippen molar-refractivity contribution < 1.29 is 14.7 Å². The molecular formula is C18H15NO3S. The summed E-state index contributed by atoms with van der Waals surface area (Å²) in [6.07, 6.45) is 0.257. The molecule has 3 rings (SSSR count). The van der Waals surface area contributed by atoms with Crippen molar-refractivity contribution in [1.29, 1.82) is 0 Å². The molecule has 4 nitrogen and oxygen atoms in total. The number of benzene rings is 2. The Kier molecular flexibility index (Phi) is 4.39. The Morgan fingerprint density at radius 3 is 2.43 bits per heavy atom. The zero-order valence-corrected chi connectivity index (χ0v) is 13.0. The Balaban J connectivity index is 1.76. The number of aliphatic carboxylic acids is 1. The van der Waals surface area contributed by atoms with E-state index in [0.717, 1.165) is 15.6 Å². The Bertz CT molecular complexity index is 809. The zero-order valence-electron chi connectivity index (χ0n) is 12.2. The maximum absolute atomic E-state index is 12.4. The van der Waals surface area contributed by atoms with E-state index in [1.54, 1.807) is 6.07 Å². The fourth-order valence-corrected chi connectivity index (χ4v) is 3.34. The van der Waals surface area contributed by atoms with Crippen LogP contribution in [-0.4, -0.2) is 23.0 Å². The third-order valence-electron chi connectivity index (χ3n) is 3.54. The van der Waals surface area contributed by atoms with Gasteiger partial charge in [0.05, 0.1) is 4.88 Å². The molecule has 3 aromatic rings. The lowest BCUT2D eigenvalue weighted by atomic mass is 10.1. The van der Waals surface area contributed by atoms with Gasteiger partial charge in [0.25, 0.3) is 5.91 Å². The minimum Gasteiger partial charge on any atom is -0.480 e. The summed E-state index contributed by atoms with van der Waals surface area (Å²) in [6.45, 7) is 0. The highest BCUT2D eigenvalue weighted by atomic mass is 32.1. The van der Waals surface area contributed by atoms with Crippen molar-refractivity contribution in [1.82, 2.24) is 5.32 Å². The summed E-state index contributed by atoms with van der Waals surface area (Å²) < 4.78 is 1.01.